The van der Waals surface area contributed by atoms with Gasteiger partial charge in [-0.05, 0) is 42.3 Å². The number of amides is 1. The van der Waals surface area contributed by atoms with Crippen LogP contribution in [0.25, 0.3) is 0 Å². The molecule has 0 bridgehead atoms. The minimum Gasteiger partial charge on any atom is -0.497 e. The van der Waals surface area contributed by atoms with Crippen LogP contribution in [0.3, 0.4) is 0 Å². The number of carbonyl (C=O) groups excluding carboxylic acids is 1. The summed E-state index contributed by atoms with van der Waals surface area (Å²) in [5.41, 5.74) is -0.662. The first-order chi connectivity index (χ1) is 16.2. The molecule has 2 atom stereocenters. The number of halogens is 3. The number of benzene rings is 2. The molecule has 0 spiro atoms. The fourth-order valence-electron chi connectivity index (χ4n) is 5.09. The van der Waals surface area contributed by atoms with Gasteiger partial charge in [0, 0.05) is 43.2 Å². The third-order valence-electron chi connectivity index (χ3n) is 7.08. The van der Waals surface area contributed by atoms with E-state index in [0.29, 0.717) is 44.0 Å². The second-order valence-corrected chi connectivity index (χ2v) is 9.06. The van der Waals surface area contributed by atoms with Gasteiger partial charge < -0.3 is 19.6 Å². The van der Waals surface area contributed by atoms with E-state index >= 15 is 0 Å². The van der Waals surface area contributed by atoms with Crippen LogP contribution >= 0.6 is 0 Å². The first-order valence-electron chi connectivity index (χ1n) is 11.1. The molecule has 0 radical (unpaired) electrons. The average molecular weight is 473 g/mol. The summed E-state index contributed by atoms with van der Waals surface area (Å²) in [6.07, 6.45) is -3.84. The SMILES string of the molecule is COc1cccc(CC(=O)N2CC[C@@]3(CO)CN(c4ccc(C#N)c(C(F)(F)F)c4)C[C@H]3C2)c1. The molecule has 1 N–H and O–H groups in total. The predicted molar refractivity (Wildman–Crippen MR) is 119 cm³/mol. The average Bonchev–Trinajstić information content (AvgIpc) is 3.22. The number of likely N-dealkylation sites (tertiary alicyclic amines) is 1. The Hall–Kier alpha value is -3.25. The topological polar surface area (TPSA) is 76.8 Å². The van der Waals surface area contributed by atoms with Crippen molar-refractivity contribution < 1.29 is 27.8 Å². The maximum Gasteiger partial charge on any atom is 0.417 e. The summed E-state index contributed by atoms with van der Waals surface area (Å²) in [5, 5.41) is 19.3. The number of hydrogen-bond donors (Lipinski definition) is 1. The van der Waals surface area contributed by atoms with Crippen LogP contribution in [-0.4, -0.2) is 55.8 Å². The van der Waals surface area contributed by atoms with E-state index in [-0.39, 0.29) is 24.9 Å². The highest BCUT2D eigenvalue weighted by molar-refractivity contribution is 5.79. The summed E-state index contributed by atoms with van der Waals surface area (Å²) in [7, 11) is 1.57. The normalized spacial score (nSPS) is 22.3. The van der Waals surface area contributed by atoms with E-state index in [1.165, 1.54) is 12.1 Å². The predicted octanol–water partition coefficient (Wildman–Crippen LogP) is 3.48. The van der Waals surface area contributed by atoms with Crippen molar-refractivity contribution in [1.29, 1.82) is 5.26 Å². The summed E-state index contributed by atoms with van der Waals surface area (Å²) >= 11 is 0. The highest BCUT2D eigenvalue weighted by atomic mass is 19.4. The molecule has 2 heterocycles. The molecule has 0 aliphatic carbocycles. The van der Waals surface area contributed by atoms with E-state index in [1.807, 2.05) is 29.2 Å². The molecular weight excluding hydrogens is 447 g/mol. The number of piperidine rings is 1. The van der Waals surface area contributed by atoms with E-state index < -0.39 is 22.7 Å². The first-order valence-corrected chi connectivity index (χ1v) is 11.1. The number of alkyl halides is 3. The number of nitrogens with zero attached hydrogens (tertiary/aromatic N) is 3. The highest BCUT2D eigenvalue weighted by Crippen LogP contribution is 2.45. The van der Waals surface area contributed by atoms with E-state index in [4.69, 9.17) is 10.00 Å². The van der Waals surface area contributed by atoms with Gasteiger partial charge in [-0.1, -0.05) is 12.1 Å². The van der Waals surface area contributed by atoms with Crippen LogP contribution in [0, 0.1) is 22.7 Å². The van der Waals surface area contributed by atoms with Crippen molar-refractivity contribution >= 4 is 11.6 Å². The third-order valence-corrected chi connectivity index (χ3v) is 7.08. The molecule has 2 saturated heterocycles. The number of hydrogen-bond acceptors (Lipinski definition) is 5. The van der Waals surface area contributed by atoms with Crippen LogP contribution in [0.2, 0.25) is 0 Å². The Kier molecular flexibility index (Phi) is 6.45. The van der Waals surface area contributed by atoms with Crippen molar-refractivity contribution in [2.24, 2.45) is 11.3 Å². The molecule has 180 valence electrons. The van der Waals surface area contributed by atoms with Gasteiger partial charge in [0.2, 0.25) is 5.91 Å². The van der Waals surface area contributed by atoms with Crippen molar-refractivity contribution in [3.63, 3.8) is 0 Å². The molecule has 2 aromatic rings. The third kappa shape index (κ3) is 4.55. The molecule has 9 heteroatoms. The number of fused-ring (bicyclic) bond motifs is 1. The Labute approximate surface area is 196 Å². The second kappa shape index (κ2) is 9.18. The van der Waals surface area contributed by atoms with Crippen molar-refractivity contribution in [3.8, 4) is 11.8 Å². The lowest BCUT2D eigenvalue weighted by Crippen LogP contribution is -2.51. The van der Waals surface area contributed by atoms with Gasteiger partial charge in [0.1, 0.15) is 5.75 Å². The minimum absolute atomic E-state index is 0.0315. The van der Waals surface area contributed by atoms with Gasteiger partial charge in [0.25, 0.3) is 0 Å². The lowest BCUT2D eigenvalue weighted by Gasteiger charge is -2.42. The van der Waals surface area contributed by atoms with Gasteiger partial charge in [-0.15, -0.1) is 0 Å². The zero-order valence-corrected chi connectivity index (χ0v) is 18.8. The first kappa shape index (κ1) is 23.9. The monoisotopic (exact) mass is 473 g/mol. The Morgan fingerprint density at radius 2 is 2.06 bits per heavy atom. The fourth-order valence-corrected chi connectivity index (χ4v) is 5.09. The van der Waals surface area contributed by atoms with Crippen LogP contribution in [-0.2, 0) is 17.4 Å². The lowest BCUT2D eigenvalue weighted by molar-refractivity contribution is -0.137. The lowest BCUT2D eigenvalue weighted by atomic mass is 9.73. The summed E-state index contributed by atoms with van der Waals surface area (Å²) in [6.45, 7) is 1.63. The van der Waals surface area contributed by atoms with Gasteiger partial charge >= 0.3 is 6.18 Å². The molecule has 2 aromatic carbocycles. The van der Waals surface area contributed by atoms with Crippen LogP contribution in [0.15, 0.2) is 42.5 Å². The van der Waals surface area contributed by atoms with Gasteiger partial charge in [-0.25, -0.2) is 0 Å². The molecule has 0 unspecified atom stereocenters. The number of aliphatic hydroxyl groups excluding tert-OH is 1. The van der Waals surface area contributed by atoms with Gasteiger partial charge in [0.05, 0.1) is 37.3 Å². The van der Waals surface area contributed by atoms with E-state index in [0.717, 1.165) is 11.6 Å². The number of aliphatic hydroxyl groups is 1. The van der Waals surface area contributed by atoms with Crippen molar-refractivity contribution in [1.82, 2.24) is 4.90 Å². The molecule has 1 amide bonds. The standard InChI is InChI=1S/C25H26F3N3O3/c1-34-21-4-2-3-17(9-21)10-23(33)30-8-7-24(16-32)15-31(14-19(24)13-30)20-6-5-18(12-29)22(11-20)25(26,27)28/h2-6,9,11,19,32H,7-8,10,13-16H2,1H3/t19-,24+/m1/s1. The van der Waals surface area contributed by atoms with Gasteiger partial charge in [-0.2, -0.15) is 18.4 Å². The molecule has 2 aliphatic heterocycles. The van der Waals surface area contributed by atoms with E-state index in [9.17, 15) is 23.1 Å². The Morgan fingerprint density at radius 3 is 2.74 bits per heavy atom. The minimum atomic E-state index is -4.63. The number of methoxy groups -OCH3 is 1. The number of nitriles is 1. The number of rotatable bonds is 5. The Bertz CT molecular complexity index is 1110. The quantitative estimate of drug-likeness (QED) is 0.720. The number of anilines is 1. The van der Waals surface area contributed by atoms with Crippen molar-refractivity contribution in [2.45, 2.75) is 19.0 Å². The second-order valence-electron chi connectivity index (χ2n) is 9.06. The summed E-state index contributed by atoms with van der Waals surface area (Å²) in [4.78, 5) is 16.6. The van der Waals surface area contributed by atoms with Gasteiger partial charge in [-0.3, -0.25) is 4.79 Å². The summed E-state index contributed by atoms with van der Waals surface area (Å²) in [5.74, 6) is 0.566. The molecule has 34 heavy (non-hydrogen) atoms. The molecule has 6 nitrogen and oxygen atoms in total. The molecule has 2 fully saturated rings. The van der Waals surface area contributed by atoms with Gasteiger partial charge in [0.15, 0.2) is 0 Å². The number of ether oxygens (including phenoxy) is 1. The Balaban J connectivity index is 1.51. The van der Waals surface area contributed by atoms with Crippen LogP contribution < -0.4 is 9.64 Å². The van der Waals surface area contributed by atoms with Crippen molar-refractivity contribution in [2.75, 3.05) is 44.8 Å². The molecule has 2 aliphatic rings. The van der Waals surface area contributed by atoms with Crippen molar-refractivity contribution in [3.05, 3.63) is 59.2 Å². The number of carbonyl (C=O) groups is 1. The largest absolute Gasteiger partial charge is 0.497 e. The molecule has 0 saturated carbocycles. The maximum absolute atomic E-state index is 13.4. The molecule has 0 aromatic heterocycles. The van der Waals surface area contributed by atoms with Crippen LogP contribution in [0.4, 0.5) is 18.9 Å². The van der Waals surface area contributed by atoms with Crippen LogP contribution in [0.5, 0.6) is 5.75 Å². The highest BCUT2D eigenvalue weighted by Gasteiger charge is 2.50. The fraction of sp³-hybridized carbons (Fsp3) is 0.440. The summed E-state index contributed by atoms with van der Waals surface area (Å²) in [6, 6.07) is 12.6. The zero-order valence-electron chi connectivity index (χ0n) is 18.8. The zero-order chi connectivity index (χ0) is 24.5. The smallest absolute Gasteiger partial charge is 0.417 e. The molecule has 4 rings (SSSR count). The van der Waals surface area contributed by atoms with E-state index in [1.54, 1.807) is 18.1 Å². The summed E-state index contributed by atoms with van der Waals surface area (Å²) < 4.78 is 45.6. The Morgan fingerprint density at radius 1 is 1.26 bits per heavy atom. The van der Waals surface area contributed by atoms with Crippen LogP contribution in [0.1, 0.15) is 23.1 Å². The van der Waals surface area contributed by atoms with E-state index in [2.05, 4.69) is 0 Å². The molecular formula is C25H26F3N3O3. The maximum atomic E-state index is 13.4.